The largest absolute Gasteiger partial charge is 0.493 e. The summed E-state index contributed by atoms with van der Waals surface area (Å²) in [4.78, 5) is 14.5. The van der Waals surface area contributed by atoms with Crippen LogP contribution in [0.15, 0.2) is 24.3 Å². The zero-order valence-electron chi connectivity index (χ0n) is 15.4. The van der Waals surface area contributed by atoms with E-state index in [4.69, 9.17) is 9.47 Å². The molecule has 1 aromatic heterocycles. The monoisotopic (exact) mass is 402 g/mol. The minimum Gasteiger partial charge on any atom is -0.493 e. The van der Waals surface area contributed by atoms with Gasteiger partial charge in [-0.2, -0.15) is 13.2 Å². The van der Waals surface area contributed by atoms with E-state index in [0.717, 1.165) is 15.3 Å². The number of halogens is 3. The number of rotatable bonds is 6. The van der Waals surface area contributed by atoms with Crippen LogP contribution in [0.1, 0.15) is 28.3 Å². The summed E-state index contributed by atoms with van der Waals surface area (Å²) >= 11 is 1.65. The summed E-state index contributed by atoms with van der Waals surface area (Å²) < 4.78 is 46.9. The van der Waals surface area contributed by atoms with E-state index in [1.807, 2.05) is 26.8 Å². The molecule has 0 radical (unpaired) electrons. The van der Waals surface area contributed by atoms with Crippen molar-refractivity contribution in [2.24, 2.45) is 0 Å². The van der Waals surface area contributed by atoms with Crippen LogP contribution in [-0.4, -0.2) is 25.9 Å². The summed E-state index contributed by atoms with van der Waals surface area (Å²) in [5.74, 6) is 0.0351. The summed E-state index contributed by atoms with van der Waals surface area (Å²) in [6.07, 6.45) is -4.47. The first-order valence-electron chi connectivity index (χ1n) is 8.11. The van der Waals surface area contributed by atoms with Gasteiger partial charge >= 0.3 is 12.2 Å². The van der Waals surface area contributed by atoms with Gasteiger partial charge in [-0.15, -0.1) is 11.3 Å². The Balaban J connectivity index is 2.05. The van der Waals surface area contributed by atoms with E-state index >= 15 is 0 Å². The van der Waals surface area contributed by atoms with E-state index in [2.05, 4.69) is 10.6 Å². The fourth-order valence-electron chi connectivity index (χ4n) is 2.55. The zero-order valence-corrected chi connectivity index (χ0v) is 16.2. The summed E-state index contributed by atoms with van der Waals surface area (Å²) in [5, 5.41) is 5.40. The van der Waals surface area contributed by atoms with Crippen LogP contribution >= 0.6 is 11.3 Å². The molecule has 1 atom stereocenters. The molecular formula is C18H21F3N2O3S. The molecule has 0 aliphatic heterocycles. The highest BCUT2D eigenvalue weighted by Gasteiger charge is 2.29. The normalized spacial score (nSPS) is 12.4. The van der Waals surface area contributed by atoms with Crippen LogP contribution in [0.2, 0.25) is 0 Å². The number of anilines is 1. The van der Waals surface area contributed by atoms with Gasteiger partial charge in [0.05, 0.1) is 13.2 Å². The van der Waals surface area contributed by atoms with Gasteiger partial charge in [0, 0.05) is 21.5 Å². The van der Waals surface area contributed by atoms with Crippen LogP contribution in [-0.2, 0) is 0 Å². The molecule has 148 valence electrons. The molecule has 0 fully saturated rings. The van der Waals surface area contributed by atoms with Crippen molar-refractivity contribution in [2.75, 3.05) is 19.0 Å². The second-order valence-corrected chi connectivity index (χ2v) is 7.42. The average molecular weight is 402 g/mol. The van der Waals surface area contributed by atoms with Crippen molar-refractivity contribution in [1.29, 1.82) is 0 Å². The van der Waals surface area contributed by atoms with Crippen LogP contribution < -0.4 is 20.1 Å². The number of thiophene rings is 1. The molecule has 27 heavy (non-hydrogen) atoms. The van der Waals surface area contributed by atoms with Crippen molar-refractivity contribution in [2.45, 2.75) is 33.0 Å². The minimum absolute atomic E-state index is 0.107. The Bertz CT molecular complexity index is 806. The van der Waals surface area contributed by atoms with Crippen LogP contribution in [0.4, 0.5) is 23.7 Å². The van der Waals surface area contributed by atoms with Gasteiger partial charge in [-0.1, -0.05) is 0 Å². The topological polar surface area (TPSA) is 59.6 Å². The lowest BCUT2D eigenvalue weighted by Crippen LogP contribution is -2.31. The zero-order chi connectivity index (χ0) is 20.2. The molecule has 2 aromatic rings. The highest BCUT2D eigenvalue weighted by Crippen LogP contribution is 2.32. The van der Waals surface area contributed by atoms with E-state index < -0.39 is 18.8 Å². The molecule has 9 heteroatoms. The average Bonchev–Trinajstić information content (AvgIpc) is 2.91. The van der Waals surface area contributed by atoms with Crippen molar-refractivity contribution in [3.05, 3.63) is 39.6 Å². The number of hydrogen-bond donors (Lipinski definition) is 2. The number of nitrogens with one attached hydrogen (secondary N) is 2. The van der Waals surface area contributed by atoms with E-state index in [1.165, 1.54) is 25.3 Å². The maximum absolute atomic E-state index is 12.4. The van der Waals surface area contributed by atoms with Crippen molar-refractivity contribution >= 4 is 23.1 Å². The maximum Gasteiger partial charge on any atom is 0.422 e. The van der Waals surface area contributed by atoms with Crippen molar-refractivity contribution in [3.63, 3.8) is 0 Å². The molecule has 0 aliphatic rings. The Morgan fingerprint density at radius 1 is 1.22 bits per heavy atom. The molecule has 0 spiro atoms. The predicted octanol–water partition coefficient (Wildman–Crippen LogP) is 5.20. The Morgan fingerprint density at radius 3 is 2.48 bits per heavy atom. The number of ether oxygens (including phenoxy) is 2. The number of carbonyl (C=O) groups excluding carboxylic acids is 1. The number of amides is 2. The van der Waals surface area contributed by atoms with Gasteiger partial charge in [-0.05, 0) is 44.5 Å². The number of methoxy groups -OCH3 is 1. The number of benzene rings is 1. The molecule has 0 bridgehead atoms. The molecule has 2 amide bonds. The van der Waals surface area contributed by atoms with E-state index in [0.29, 0.717) is 0 Å². The molecule has 1 heterocycles. The van der Waals surface area contributed by atoms with Gasteiger partial charge in [0.15, 0.2) is 18.1 Å². The van der Waals surface area contributed by atoms with Crippen LogP contribution in [0.5, 0.6) is 11.5 Å². The Labute approximate surface area is 159 Å². The van der Waals surface area contributed by atoms with Crippen molar-refractivity contribution in [3.8, 4) is 11.5 Å². The Hall–Kier alpha value is -2.42. The quantitative estimate of drug-likeness (QED) is 0.698. The number of aryl methyl sites for hydroxylation is 2. The first-order chi connectivity index (χ1) is 12.6. The third-order valence-corrected chi connectivity index (χ3v) is 4.69. The fourth-order valence-corrected chi connectivity index (χ4v) is 3.57. The first-order valence-corrected chi connectivity index (χ1v) is 8.92. The SMILES string of the molecule is COc1ccc(NC(=O)NC(C)c2cc(C)sc2C)cc1OCC(F)(F)F. The molecule has 5 nitrogen and oxygen atoms in total. The van der Waals surface area contributed by atoms with Gasteiger partial charge in [0.25, 0.3) is 0 Å². The van der Waals surface area contributed by atoms with Gasteiger partial charge in [0.2, 0.25) is 0 Å². The minimum atomic E-state index is -4.47. The Kier molecular flexibility index (Phi) is 6.59. The lowest BCUT2D eigenvalue weighted by Gasteiger charge is -2.16. The third-order valence-electron chi connectivity index (χ3n) is 3.71. The summed E-state index contributed by atoms with van der Waals surface area (Å²) in [7, 11) is 1.32. The fraction of sp³-hybridized carbons (Fsp3) is 0.389. The van der Waals surface area contributed by atoms with Crippen LogP contribution in [0.25, 0.3) is 0 Å². The third kappa shape index (κ3) is 6.06. The second-order valence-electron chi connectivity index (χ2n) is 5.96. The number of carbonyl (C=O) groups is 1. The van der Waals surface area contributed by atoms with Gasteiger partial charge in [-0.3, -0.25) is 0 Å². The molecule has 1 unspecified atom stereocenters. The van der Waals surface area contributed by atoms with E-state index in [-0.39, 0.29) is 23.2 Å². The molecule has 1 aromatic carbocycles. The molecular weight excluding hydrogens is 381 g/mol. The number of alkyl halides is 3. The molecule has 2 N–H and O–H groups in total. The van der Waals surface area contributed by atoms with E-state index in [9.17, 15) is 18.0 Å². The molecule has 0 aliphatic carbocycles. The summed E-state index contributed by atoms with van der Waals surface area (Å²) in [5.41, 5.74) is 1.31. The lowest BCUT2D eigenvalue weighted by molar-refractivity contribution is -0.153. The van der Waals surface area contributed by atoms with Gasteiger partial charge in [-0.25, -0.2) is 4.79 Å². The van der Waals surface area contributed by atoms with Crippen LogP contribution in [0.3, 0.4) is 0 Å². The maximum atomic E-state index is 12.4. The molecule has 0 saturated carbocycles. The lowest BCUT2D eigenvalue weighted by atomic mass is 10.1. The van der Waals surface area contributed by atoms with Crippen molar-refractivity contribution in [1.82, 2.24) is 5.32 Å². The van der Waals surface area contributed by atoms with Crippen LogP contribution in [0, 0.1) is 13.8 Å². The summed E-state index contributed by atoms with van der Waals surface area (Å²) in [6, 6.07) is 5.56. The Morgan fingerprint density at radius 2 is 1.93 bits per heavy atom. The van der Waals surface area contributed by atoms with Gasteiger partial charge < -0.3 is 20.1 Å². The number of urea groups is 1. The second kappa shape index (κ2) is 8.51. The predicted molar refractivity (Wildman–Crippen MR) is 98.9 cm³/mol. The molecule has 2 rings (SSSR count). The highest BCUT2D eigenvalue weighted by atomic mass is 32.1. The standard InChI is InChI=1S/C18H21F3N2O3S/c1-10-7-14(12(3)27-10)11(2)22-17(24)23-13-5-6-15(25-4)16(8-13)26-9-18(19,20)21/h5-8,11H,9H2,1-4H3,(H2,22,23,24). The van der Waals surface area contributed by atoms with Gasteiger partial charge in [0.1, 0.15) is 0 Å². The van der Waals surface area contributed by atoms with Crippen molar-refractivity contribution < 1.29 is 27.4 Å². The molecule has 0 saturated heterocycles. The smallest absolute Gasteiger partial charge is 0.422 e. The first kappa shape index (κ1) is 20.9. The highest BCUT2D eigenvalue weighted by molar-refractivity contribution is 7.12. The number of hydrogen-bond acceptors (Lipinski definition) is 4. The van der Waals surface area contributed by atoms with E-state index in [1.54, 1.807) is 11.3 Å². The summed E-state index contributed by atoms with van der Waals surface area (Å²) in [6.45, 7) is 4.39.